The smallest absolute Gasteiger partial charge is 0.335 e. The Morgan fingerprint density at radius 2 is 2.14 bits per heavy atom. The number of hydrogen-bond donors (Lipinski definition) is 2. The first-order chi connectivity index (χ1) is 10.1. The maximum atomic E-state index is 13.6. The van der Waals surface area contributed by atoms with Gasteiger partial charge in [0.25, 0.3) is 0 Å². The topological polar surface area (TPSA) is 52.6 Å². The lowest BCUT2D eigenvalue weighted by atomic mass is 10.1. The van der Waals surface area contributed by atoms with Gasteiger partial charge in [0, 0.05) is 31.2 Å². The number of nitrogens with one attached hydrogen (secondary N) is 1. The highest BCUT2D eigenvalue weighted by Gasteiger charge is 2.18. The van der Waals surface area contributed by atoms with Crippen LogP contribution in [0.2, 0.25) is 0 Å². The number of carboxylic acid groups (broad SMARTS) is 1. The Balaban J connectivity index is 1.77. The van der Waals surface area contributed by atoms with Gasteiger partial charge in [0.1, 0.15) is 5.82 Å². The number of halogens is 1. The number of hydrogen-bond acceptors (Lipinski definition) is 3. The van der Waals surface area contributed by atoms with E-state index in [1.54, 1.807) is 0 Å². The molecule has 5 heteroatoms. The highest BCUT2D eigenvalue weighted by atomic mass is 19.1. The molecule has 0 heterocycles. The first-order valence-corrected chi connectivity index (χ1v) is 7.50. The molecule has 2 N–H and O–H groups in total. The van der Waals surface area contributed by atoms with Crippen LogP contribution in [0.1, 0.15) is 41.6 Å². The third-order valence-electron chi connectivity index (χ3n) is 4.20. The Kier molecular flexibility index (Phi) is 5.70. The molecule has 1 aliphatic rings. The van der Waals surface area contributed by atoms with E-state index in [0.717, 1.165) is 13.1 Å². The molecule has 4 nitrogen and oxygen atoms in total. The maximum Gasteiger partial charge on any atom is 0.335 e. The van der Waals surface area contributed by atoms with Crippen molar-refractivity contribution < 1.29 is 14.3 Å². The van der Waals surface area contributed by atoms with E-state index in [1.165, 1.54) is 43.9 Å². The number of rotatable bonds is 7. The number of aromatic carboxylic acids is 1. The van der Waals surface area contributed by atoms with E-state index in [-0.39, 0.29) is 11.4 Å². The summed E-state index contributed by atoms with van der Waals surface area (Å²) >= 11 is 0. The third kappa shape index (κ3) is 4.51. The molecule has 2 rings (SSSR count). The van der Waals surface area contributed by atoms with Gasteiger partial charge < -0.3 is 15.3 Å². The molecule has 0 radical (unpaired) electrons. The van der Waals surface area contributed by atoms with Gasteiger partial charge in [-0.05, 0) is 38.1 Å². The highest BCUT2D eigenvalue weighted by molar-refractivity contribution is 5.87. The summed E-state index contributed by atoms with van der Waals surface area (Å²) in [4.78, 5) is 13.2. The van der Waals surface area contributed by atoms with Gasteiger partial charge in [-0.15, -0.1) is 0 Å². The Bertz CT molecular complexity index is 487. The molecule has 1 saturated carbocycles. The molecule has 0 bridgehead atoms. The average molecular weight is 294 g/mol. The second-order valence-corrected chi connectivity index (χ2v) is 5.71. The van der Waals surface area contributed by atoms with E-state index < -0.39 is 5.97 Å². The van der Waals surface area contributed by atoms with E-state index in [0.29, 0.717) is 18.2 Å². The van der Waals surface area contributed by atoms with Gasteiger partial charge in [-0.1, -0.05) is 12.8 Å². The van der Waals surface area contributed by atoms with Gasteiger partial charge in [-0.25, -0.2) is 9.18 Å². The van der Waals surface area contributed by atoms with E-state index >= 15 is 0 Å². The standard InChI is InChI=1S/C16H23FN2O2/c1-19(14-4-2-3-5-14)9-8-18-11-13-10-12(16(20)21)6-7-15(13)17/h6-7,10,14,18H,2-5,8-9,11H2,1H3,(H,20,21). The van der Waals surface area contributed by atoms with E-state index in [1.807, 2.05) is 0 Å². The molecule has 0 aromatic heterocycles. The number of carboxylic acids is 1. The Morgan fingerprint density at radius 3 is 2.81 bits per heavy atom. The minimum absolute atomic E-state index is 0.122. The van der Waals surface area contributed by atoms with Crippen molar-refractivity contribution in [2.24, 2.45) is 0 Å². The van der Waals surface area contributed by atoms with Crippen LogP contribution >= 0.6 is 0 Å². The molecule has 21 heavy (non-hydrogen) atoms. The predicted molar refractivity (Wildman–Crippen MR) is 80.0 cm³/mol. The van der Waals surface area contributed by atoms with Gasteiger partial charge in [-0.3, -0.25) is 0 Å². The van der Waals surface area contributed by atoms with Gasteiger partial charge in [0.2, 0.25) is 0 Å². The molecule has 0 amide bonds. The zero-order valence-corrected chi connectivity index (χ0v) is 12.4. The van der Waals surface area contributed by atoms with Crippen LogP contribution in [0.3, 0.4) is 0 Å². The molecule has 1 aromatic rings. The molecule has 0 saturated heterocycles. The lowest BCUT2D eigenvalue weighted by Crippen LogP contribution is -2.35. The summed E-state index contributed by atoms with van der Waals surface area (Å²) in [6.07, 6.45) is 5.17. The Morgan fingerprint density at radius 1 is 1.43 bits per heavy atom. The molecule has 0 unspecified atom stereocenters. The van der Waals surface area contributed by atoms with Gasteiger partial charge in [-0.2, -0.15) is 0 Å². The number of carbonyl (C=O) groups is 1. The summed E-state index contributed by atoms with van der Waals surface area (Å²) in [6, 6.07) is 4.57. The lowest BCUT2D eigenvalue weighted by molar-refractivity contribution is 0.0696. The quantitative estimate of drug-likeness (QED) is 0.759. The molecular weight excluding hydrogens is 271 g/mol. The van der Waals surface area contributed by atoms with Crippen molar-refractivity contribution in [3.05, 3.63) is 35.1 Å². The van der Waals surface area contributed by atoms with E-state index in [9.17, 15) is 9.18 Å². The number of nitrogens with zero attached hydrogens (tertiary/aromatic N) is 1. The van der Waals surface area contributed by atoms with Gasteiger partial charge >= 0.3 is 5.97 Å². The molecule has 0 spiro atoms. The molecule has 116 valence electrons. The fourth-order valence-electron chi connectivity index (χ4n) is 2.85. The third-order valence-corrected chi connectivity index (χ3v) is 4.20. The van der Waals surface area contributed by atoms with Crippen molar-refractivity contribution in [1.29, 1.82) is 0 Å². The monoisotopic (exact) mass is 294 g/mol. The van der Waals surface area contributed by atoms with E-state index in [4.69, 9.17) is 5.11 Å². The summed E-state index contributed by atoms with van der Waals surface area (Å²) < 4.78 is 13.6. The van der Waals surface area contributed by atoms with Crippen molar-refractivity contribution in [1.82, 2.24) is 10.2 Å². The van der Waals surface area contributed by atoms with Crippen LogP contribution in [0.15, 0.2) is 18.2 Å². The summed E-state index contributed by atoms with van der Waals surface area (Å²) in [6.45, 7) is 2.04. The minimum atomic E-state index is -1.03. The van der Waals surface area contributed by atoms with Crippen molar-refractivity contribution in [3.8, 4) is 0 Å². The molecule has 1 fully saturated rings. The van der Waals surface area contributed by atoms with Crippen LogP contribution in [-0.4, -0.2) is 42.2 Å². The zero-order valence-electron chi connectivity index (χ0n) is 12.4. The van der Waals surface area contributed by atoms with Gasteiger partial charge in [0.15, 0.2) is 0 Å². The average Bonchev–Trinajstić information content (AvgIpc) is 2.99. The van der Waals surface area contributed by atoms with Crippen molar-refractivity contribution in [2.75, 3.05) is 20.1 Å². The summed E-state index contributed by atoms with van der Waals surface area (Å²) in [5.41, 5.74) is 0.523. The number of benzene rings is 1. The molecule has 0 atom stereocenters. The second-order valence-electron chi connectivity index (χ2n) is 5.71. The normalized spacial score (nSPS) is 15.8. The highest BCUT2D eigenvalue weighted by Crippen LogP contribution is 2.21. The number of likely N-dealkylation sites (N-methyl/N-ethyl adjacent to an activating group) is 1. The lowest BCUT2D eigenvalue weighted by Gasteiger charge is -2.24. The Hall–Kier alpha value is -1.46. The summed E-state index contributed by atoms with van der Waals surface area (Å²) in [5, 5.41) is 12.1. The van der Waals surface area contributed by atoms with Crippen LogP contribution in [0, 0.1) is 5.82 Å². The molecule has 1 aliphatic carbocycles. The molecule has 1 aromatic carbocycles. The second kappa shape index (κ2) is 7.52. The SMILES string of the molecule is CN(CCNCc1cc(C(=O)O)ccc1F)C1CCCC1. The first-order valence-electron chi connectivity index (χ1n) is 7.50. The fraction of sp³-hybridized carbons (Fsp3) is 0.562. The zero-order chi connectivity index (χ0) is 15.2. The van der Waals surface area contributed by atoms with Crippen molar-refractivity contribution in [3.63, 3.8) is 0 Å². The van der Waals surface area contributed by atoms with Crippen LogP contribution in [0.4, 0.5) is 4.39 Å². The fourth-order valence-corrected chi connectivity index (χ4v) is 2.85. The summed E-state index contributed by atoms with van der Waals surface area (Å²) in [7, 11) is 2.13. The van der Waals surface area contributed by atoms with Crippen LogP contribution in [0.25, 0.3) is 0 Å². The largest absolute Gasteiger partial charge is 0.478 e. The summed E-state index contributed by atoms with van der Waals surface area (Å²) in [5.74, 6) is -1.39. The molecular formula is C16H23FN2O2. The van der Waals surface area contributed by atoms with E-state index in [2.05, 4.69) is 17.3 Å². The van der Waals surface area contributed by atoms with Crippen molar-refractivity contribution in [2.45, 2.75) is 38.3 Å². The van der Waals surface area contributed by atoms with Crippen LogP contribution in [0.5, 0.6) is 0 Å². The predicted octanol–water partition coefficient (Wildman–Crippen LogP) is 2.49. The van der Waals surface area contributed by atoms with Crippen LogP contribution in [-0.2, 0) is 6.54 Å². The van der Waals surface area contributed by atoms with Crippen molar-refractivity contribution >= 4 is 5.97 Å². The van der Waals surface area contributed by atoms with Gasteiger partial charge in [0.05, 0.1) is 5.56 Å². The Labute approximate surface area is 125 Å². The molecule has 0 aliphatic heterocycles. The van der Waals surface area contributed by atoms with Crippen LogP contribution < -0.4 is 5.32 Å². The maximum absolute atomic E-state index is 13.6. The first kappa shape index (κ1) is 15.9. The minimum Gasteiger partial charge on any atom is -0.478 e.